The molecule has 1 aliphatic rings. The van der Waals surface area contributed by atoms with Crippen LogP contribution in [0.2, 0.25) is 0 Å². The summed E-state index contributed by atoms with van der Waals surface area (Å²) in [5.41, 5.74) is -0.216. The number of nitrogens with one attached hydrogen (secondary N) is 1. The number of hydrogen-bond acceptors (Lipinski definition) is 2. The molecule has 1 N–H and O–H groups in total. The van der Waals surface area contributed by atoms with Gasteiger partial charge >= 0.3 is 0 Å². The van der Waals surface area contributed by atoms with E-state index in [1.54, 1.807) is 0 Å². The Morgan fingerprint density at radius 1 is 1.21 bits per heavy atom. The lowest BCUT2D eigenvalue weighted by Crippen LogP contribution is -2.36. The Hall–Kier alpha value is -0.550. The van der Waals surface area contributed by atoms with Gasteiger partial charge in [-0.2, -0.15) is 5.26 Å². The Bertz CT molecular complexity index is 195. The fourth-order valence-electron chi connectivity index (χ4n) is 1.92. The van der Waals surface area contributed by atoms with Gasteiger partial charge < -0.3 is 5.32 Å². The fourth-order valence-corrected chi connectivity index (χ4v) is 1.92. The smallest absolute Gasteiger partial charge is 0.0697 e. The van der Waals surface area contributed by atoms with Crippen molar-refractivity contribution >= 4 is 0 Å². The van der Waals surface area contributed by atoms with Crippen molar-refractivity contribution in [3.63, 3.8) is 0 Å². The zero-order valence-electron chi connectivity index (χ0n) is 9.47. The molecule has 0 aromatic carbocycles. The molecule has 0 heterocycles. The summed E-state index contributed by atoms with van der Waals surface area (Å²) < 4.78 is 0. The summed E-state index contributed by atoms with van der Waals surface area (Å²) in [6.45, 7) is 4.82. The molecule has 0 bridgehead atoms. The van der Waals surface area contributed by atoms with E-state index in [0.29, 0.717) is 6.04 Å². The van der Waals surface area contributed by atoms with Gasteiger partial charge in [0.1, 0.15) is 0 Å². The van der Waals surface area contributed by atoms with Crippen LogP contribution in [0.3, 0.4) is 0 Å². The molecule has 2 nitrogen and oxygen atoms in total. The Kier molecular flexibility index (Phi) is 4.41. The van der Waals surface area contributed by atoms with Gasteiger partial charge in [-0.05, 0) is 26.7 Å². The molecule has 1 saturated carbocycles. The average Bonchev–Trinajstić information content (AvgIpc) is 2.43. The molecule has 0 spiro atoms. The van der Waals surface area contributed by atoms with Crippen molar-refractivity contribution in [3.8, 4) is 6.07 Å². The highest BCUT2D eigenvalue weighted by Gasteiger charge is 2.19. The molecular formula is C12H22N2. The van der Waals surface area contributed by atoms with Gasteiger partial charge in [-0.15, -0.1) is 0 Å². The second-order valence-electron chi connectivity index (χ2n) is 5.07. The highest BCUT2D eigenvalue weighted by molar-refractivity contribution is 4.94. The monoisotopic (exact) mass is 194 g/mol. The molecule has 1 aliphatic carbocycles. The lowest BCUT2D eigenvalue weighted by molar-refractivity contribution is 0.377. The summed E-state index contributed by atoms with van der Waals surface area (Å²) in [5, 5.41) is 12.4. The van der Waals surface area contributed by atoms with Crippen molar-refractivity contribution in [2.24, 2.45) is 5.41 Å². The number of nitriles is 1. The highest BCUT2D eigenvalue weighted by atomic mass is 14.9. The normalized spacial score (nSPS) is 20.1. The van der Waals surface area contributed by atoms with Crippen molar-refractivity contribution in [3.05, 3.63) is 0 Å². The summed E-state index contributed by atoms with van der Waals surface area (Å²) in [6, 6.07) is 2.99. The quantitative estimate of drug-likeness (QED) is 0.701. The molecule has 0 aromatic heterocycles. The maximum atomic E-state index is 8.89. The SMILES string of the molecule is CC(C)(C#N)CNC1CCCCCC1. The largest absolute Gasteiger partial charge is 0.312 e. The summed E-state index contributed by atoms with van der Waals surface area (Å²) >= 11 is 0. The van der Waals surface area contributed by atoms with Gasteiger partial charge in [0, 0.05) is 12.6 Å². The molecule has 0 amide bonds. The minimum absolute atomic E-state index is 0.216. The van der Waals surface area contributed by atoms with Gasteiger partial charge in [0.25, 0.3) is 0 Å². The van der Waals surface area contributed by atoms with Gasteiger partial charge in [-0.25, -0.2) is 0 Å². The average molecular weight is 194 g/mol. The molecule has 0 saturated heterocycles. The molecule has 0 radical (unpaired) electrons. The van der Waals surface area contributed by atoms with Crippen LogP contribution in [0.25, 0.3) is 0 Å². The maximum Gasteiger partial charge on any atom is 0.0697 e. The van der Waals surface area contributed by atoms with Crippen LogP contribution in [0.1, 0.15) is 52.4 Å². The van der Waals surface area contributed by atoms with E-state index in [4.69, 9.17) is 5.26 Å². The Morgan fingerprint density at radius 3 is 2.29 bits per heavy atom. The van der Waals surface area contributed by atoms with Crippen molar-refractivity contribution in [2.45, 2.75) is 58.4 Å². The third-order valence-corrected chi connectivity index (χ3v) is 2.99. The summed E-state index contributed by atoms with van der Waals surface area (Å²) in [4.78, 5) is 0. The van der Waals surface area contributed by atoms with Crippen molar-refractivity contribution in [1.29, 1.82) is 5.26 Å². The first kappa shape index (κ1) is 11.5. The number of rotatable bonds is 3. The zero-order chi connectivity index (χ0) is 10.4. The van der Waals surface area contributed by atoms with Crippen LogP contribution >= 0.6 is 0 Å². The van der Waals surface area contributed by atoms with Crippen LogP contribution < -0.4 is 5.32 Å². The van der Waals surface area contributed by atoms with E-state index in [-0.39, 0.29) is 5.41 Å². The molecule has 1 rings (SSSR count). The first-order valence-corrected chi connectivity index (χ1v) is 5.79. The van der Waals surface area contributed by atoms with Gasteiger partial charge in [-0.3, -0.25) is 0 Å². The Morgan fingerprint density at radius 2 is 1.79 bits per heavy atom. The molecule has 80 valence electrons. The van der Waals surface area contributed by atoms with E-state index >= 15 is 0 Å². The molecule has 1 fully saturated rings. The maximum absolute atomic E-state index is 8.89. The number of hydrogen-bond donors (Lipinski definition) is 1. The van der Waals surface area contributed by atoms with Gasteiger partial charge in [0.15, 0.2) is 0 Å². The molecule has 0 aliphatic heterocycles. The minimum atomic E-state index is -0.216. The lowest BCUT2D eigenvalue weighted by Gasteiger charge is -2.22. The molecule has 0 unspecified atom stereocenters. The van der Waals surface area contributed by atoms with Gasteiger partial charge in [0.2, 0.25) is 0 Å². The first-order chi connectivity index (χ1) is 6.64. The van der Waals surface area contributed by atoms with Crippen LogP contribution in [0, 0.1) is 16.7 Å². The van der Waals surface area contributed by atoms with Crippen LogP contribution in [0.5, 0.6) is 0 Å². The predicted molar refractivity (Wildman–Crippen MR) is 58.9 cm³/mol. The standard InChI is InChI=1S/C12H22N2/c1-12(2,9-13)10-14-11-7-5-3-4-6-8-11/h11,14H,3-8,10H2,1-2H3. The summed E-state index contributed by atoms with van der Waals surface area (Å²) in [7, 11) is 0. The van der Waals surface area contributed by atoms with Crippen LogP contribution in [-0.4, -0.2) is 12.6 Å². The third kappa shape index (κ3) is 4.11. The topological polar surface area (TPSA) is 35.8 Å². The first-order valence-electron chi connectivity index (χ1n) is 5.79. The van der Waals surface area contributed by atoms with Gasteiger partial charge in [0.05, 0.1) is 11.5 Å². The predicted octanol–water partition coefficient (Wildman–Crippen LogP) is 2.85. The van der Waals surface area contributed by atoms with Crippen molar-refractivity contribution < 1.29 is 0 Å². The van der Waals surface area contributed by atoms with E-state index in [0.717, 1.165) is 6.54 Å². The fraction of sp³-hybridized carbons (Fsp3) is 0.917. The second kappa shape index (κ2) is 5.36. The Balaban J connectivity index is 2.26. The van der Waals surface area contributed by atoms with Crippen LogP contribution in [0.15, 0.2) is 0 Å². The second-order valence-corrected chi connectivity index (χ2v) is 5.07. The minimum Gasteiger partial charge on any atom is -0.312 e. The van der Waals surface area contributed by atoms with Crippen molar-refractivity contribution in [1.82, 2.24) is 5.32 Å². The van der Waals surface area contributed by atoms with Crippen LogP contribution in [-0.2, 0) is 0 Å². The van der Waals surface area contributed by atoms with Crippen molar-refractivity contribution in [2.75, 3.05) is 6.54 Å². The van der Waals surface area contributed by atoms with E-state index in [9.17, 15) is 0 Å². The molecule has 0 aromatic rings. The highest BCUT2D eigenvalue weighted by Crippen LogP contribution is 2.19. The van der Waals surface area contributed by atoms with E-state index in [1.807, 2.05) is 13.8 Å². The zero-order valence-corrected chi connectivity index (χ0v) is 9.47. The number of nitrogens with zero attached hydrogens (tertiary/aromatic N) is 1. The van der Waals surface area contributed by atoms with Gasteiger partial charge in [-0.1, -0.05) is 25.7 Å². The molecule has 0 atom stereocenters. The Labute approximate surface area is 87.7 Å². The van der Waals surface area contributed by atoms with Crippen LogP contribution in [0.4, 0.5) is 0 Å². The van der Waals surface area contributed by atoms with E-state index in [2.05, 4.69) is 11.4 Å². The molecule has 14 heavy (non-hydrogen) atoms. The van der Waals surface area contributed by atoms with E-state index < -0.39 is 0 Å². The summed E-state index contributed by atoms with van der Waals surface area (Å²) in [5.74, 6) is 0. The molecular weight excluding hydrogens is 172 g/mol. The summed E-state index contributed by atoms with van der Waals surface area (Å²) in [6.07, 6.45) is 8.07. The molecule has 2 heteroatoms. The third-order valence-electron chi connectivity index (χ3n) is 2.99. The van der Waals surface area contributed by atoms with E-state index in [1.165, 1.54) is 38.5 Å². The lowest BCUT2D eigenvalue weighted by atomic mass is 9.95.